The maximum Gasteiger partial charge on any atom is 0.167 e. The van der Waals surface area contributed by atoms with E-state index >= 15 is 0 Å². The summed E-state index contributed by atoms with van der Waals surface area (Å²) in [6, 6.07) is 50.5. The standard InChI is InChI=1S/C55H36N4O2/c1-34-14-11-12-27-59(48-31-38-18-6-5-17-37(38)29-44(34)48)41-32-46-43-22-8-10-24-50(43)61-52(46)47(33-41)55-57-53(39-20-13-19-36(28-39)35-15-3-2-4-16-35)56-54(58-55)40-25-26-51-45(30-40)42-21-7-9-23-49(42)60-51/h2-6,8-20,22-33H,1,7,21H2/b14-11-,27-12-. The fourth-order valence-corrected chi connectivity index (χ4v) is 8.84. The van der Waals surface area contributed by atoms with Gasteiger partial charge in [-0.05, 0) is 107 Å². The largest absolute Gasteiger partial charge is 0.456 e. The molecule has 7 aromatic carbocycles. The summed E-state index contributed by atoms with van der Waals surface area (Å²) < 4.78 is 13.0. The summed E-state index contributed by atoms with van der Waals surface area (Å²) >= 11 is 0. The maximum atomic E-state index is 6.77. The number of aromatic nitrogens is 3. The molecule has 4 heterocycles. The first kappa shape index (κ1) is 34.9. The van der Waals surface area contributed by atoms with Crippen LogP contribution in [0, 0.1) is 0 Å². The number of anilines is 2. The van der Waals surface area contributed by atoms with E-state index in [1.54, 1.807) is 0 Å². The van der Waals surface area contributed by atoms with Gasteiger partial charge in [0.05, 0.1) is 11.3 Å². The van der Waals surface area contributed by atoms with Crippen molar-refractivity contribution in [3.8, 4) is 45.3 Å². The molecule has 12 rings (SSSR count). The Morgan fingerprint density at radius 3 is 2.15 bits per heavy atom. The van der Waals surface area contributed by atoms with Crippen molar-refractivity contribution in [1.29, 1.82) is 0 Å². The van der Waals surface area contributed by atoms with Crippen LogP contribution < -0.4 is 4.90 Å². The first-order valence-corrected chi connectivity index (χ1v) is 20.6. The fraction of sp³-hybridized carbons (Fsp3) is 0.0364. The third kappa shape index (κ3) is 5.99. The highest BCUT2D eigenvalue weighted by atomic mass is 16.3. The van der Waals surface area contributed by atoms with Crippen molar-refractivity contribution in [3.05, 3.63) is 200 Å². The van der Waals surface area contributed by atoms with Gasteiger partial charge in [-0.3, -0.25) is 0 Å². The van der Waals surface area contributed by atoms with Crippen LogP contribution in [-0.4, -0.2) is 15.0 Å². The fourth-order valence-electron chi connectivity index (χ4n) is 8.84. The Bertz CT molecular complexity index is 3510. The van der Waals surface area contributed by atoms with Gasteiger partial charge in [-0.1, -0.05) is 116 Å². The Morgan fingerprint density at radius 1 is 0.525 bits per heavy atom. The van der Waals surface area contributed by atoms with Crippen LogP contribution in [0.4, 0.5) is 11.4 Å². The highest BCUT2D eigenvalue weighted by Crippen LogP contribution is 2.44. The Kier molecular flexibility index (Phi) is 8.03. The zero-order valence-electron chi connectivity index (χ0n) is 33.0. The zero-order valence-corrected chi connectivity index (χ0v) is 33.0. The second-order valence-electron chi connectivity index (χ2n) is 15.6. The van der Waals surface area contributed by atoms with Crippen molar-refractivity contribution >= 4 is 66.7 Å². The van der Waals surface area contributed by atoms with E-state index in [9.17, 15) is 0 Å². The number of fused-ring (bicyclic) bond motifs is 8. The highest BCUT2D eigenvalue weighted by molar-refractivity contribution is 6.11. The lowest BCUT2D eigenvalue weighted by Crippen LogP contribution is -2.12. The summed E-state index contributed by atoms with van der Waals surface area (Å²) in [5, 5.41) is 5.35. The summed E-state index contributed by atoms with van der Waals surface area (Å²) in [5.41, 5.74) is 12.2. The van der Waals surface area contributed by atoms with E-state index in [2.05, 4.69) is 157 Å². The Hall–Kier alpha value is -8.09. The Labute approximate surface area is 351 Å². The molecule has 0 saturated carbocycles. The molecule has 0 unspecified atom stereocenters. The van der Waals surface area contributed by atoms with Gasteiger partial charge in [-0.2, -0.15) is 0 Å². The highest BCUT2D eigenvalue weighted by Gasteiger charge is 2.24. The molecule has 0 atom stereocenters. The van der Waals surface area contributed by atoms with Gasteiger partial charge in [0.1, 0.15) is 22.5 Å². The smallest absolute Gasteiger partial charge is 0.167 e. The van der Waals surface area contributed by atoms with Gasteiger partial charge in [0.25, 0.3) is 0 Å². The number of furan rings is 2. The summed E-state index contributed by atoms with van der Waals surface area (Å²) in [6.07, 6.45) is 14.4. The Morgan fingerprint density at radius 2 is 1.26 bits per heavy atom. The van der Waals surface area contributed by atoms with Crippen LogP contribution in [0.1, 0.15) is 23.3 Å². The number of aryl methyl sites for hydroxylation is 1. The molecule has 0 amide bonds. The van der Waals surface area contributed by atoms with E-state index in [0.29, 0.717) is 23.1 Å². The van der Waals surface area contributed by atoms with Crippen LogP contribution in [0.3, 0.4) is 0 Å². The van der Waals surface area contributed by atoms with Crippen molar-refractivity contribution in [1.82, 2.24) is 15.0 Å². The maximum absolute atomic E-state index is 6.77. The van der Waals surface area contributed by atoms with Gasteiger partial charge in [0.15, 0.2) is 17.5 Å². The minimum Gasteiger partial charge on any atom is -0.456 e. The average Bonchev–Trinajstić information content (AvgIpc) is 3.88. The van der Waals surface area contributed by atoms with E-state index in [-0.39, 0.29) is 0 Å². The number of rotatable bonds is 5. The molecule has 3 aromatic heterocycles. The van der Waals surface area contributed by atoms with Crippen molar-refractivity contribution in [2.24, 2.45) is 0 Å². The van der Waals surface area contributed by atoms with Crippen LogP contribution in [0.5, 0.6) is 0 Å². The molecule has 6 nitrogen and oxygen atoms in total. The van der Waals surface area contributed by atoms with Crippen LogP contribution in [0.15, 0.2) is 192 Å². The predicted molar refractivity (Wildman–Crippen MR) is 249 cm³/mol. The first-order chi connectivity index (χ1) is 30.1. The van der Waals surface area contributed by atoms with Crippen molar-refractivity contribution in [3.63, 3.8) is 0 Å². The van der Waals surface area contributed by atoms with Crippen LogP contribution in [-0.2, 0) is 6.42 Å². The first-order valence-electron chi connectivity index (χ1n) is 20.6. The van der Waals surface area contributed by atoms with Crippen LogP contribution in [0.25, 0.3) is 101 Å². The van der Waals surface area contributed by atoms with Gasteiger partial charge < -0.3 is 13.7 Å². The lowest BCUT2D eigenvalue weighted by atomic mass is 9.97. The van der Waals surface area contributed by atoms with Crippen LogP contribution >= 0.6 is 0 Å². The Balaban J connectivity index is 1.12. The normalized spacial score (nSPS) is 14.6. The van der Waals surface area contributed by atoms with Gasteiger partial charge in [0, 0.05) is 50.3 Å². The van der Waals surface area contributed by atoms with E-state index in [1.807, 2.05) is 36.4 Å². The predicted octanol–water partition coefficient (Wildman–Crippen LogP) is 14.5. The molecule has 0 N–H and O–H groups in total. The second kappa shape index (κ2) is 14.0. The van der Waals surface area contributed by atoms with E-state index < -0.39 is 0 Å². The molecule has 1 aliphatic heterocycles. The molecule has 0 spiro atoms. The minimum absolute atomic E-state index is 0.507. The summed E-state index contributed by atoms with van der Waals surface area (Å²) in [6.45, 7) is 4.48. The number of nitrogens with zero attached hydrogens (tertiary/aromatic N) is 4. The van der Waals surface area contributed by atoms with Gasteiger partial charge in [-0.25, -0.2) is 15.0 Å². The van der Waals surface area contributed by atoms with Crippen molar-refractivity contribution < 1.29 is 8.83 Å². The third-order valence-electron chi connectivity index (χ3n) is 11.9. The molecule has 61 heavy (non-hydrogen) atoms. The van der Waals surface area contributed by atoms with Crippen molar-refractivity contribution in [2.45, 2.75) is 12.8 Å². The van der Waals surface area contributed by atoms with Gasteiger partial charge >= 0.3 is 0 Å². The molecule has 0 saturated heterocycles. The number of allylic oxidation sites excluding steroid dienone is 5. The average molecular weight is 785 g/mol. The molecular formula is C55H36N4O2. The molecule has 0 fully saturated rings. The quantitative estimate of drug-likeness (QED) is 0.173. The molecule has 1 aliphatic carbocycles. The van der Waals surface area contributed by atoms with Gasteiger partial charge in [-0.15, -0.1) is 0 Å². The number of hydrogen-bond acceptors (Lipinski definition) is 6. The molecular weight excluding hydrogens is 749 g/mol. The topological polar surface area (TPSA) is 68.2 Å². The molecule has 0 bridgehead atoms. The zero-order chi connectivity index (χ0) is 40.4. The summed E-state index contributed by atoms with van der Waals surface area (Å²) in [7, 11) is 0. The molecule has 288 valence electrons. The third-order valence-corrected chi connectivity index (χ3v) is 11.9. The minimum atomic E-state index is 0.507. The molecule has 6 heteroatoms. The number of para-hydroxylation sites is 1. The second-order valence-corrected chi connectivity index (χ2v) is 15.6. The monoisotopic (exact) mass is 784 g/mol. The van der Waals surface area contributed by atoms with Crippen molar-refractivity contribution in [2.75, 3.05) is 4.90 Å². The van der Waals surface area contributed by atoms with Gasteiger partial charge in [0.2, 0.25) is 0 Å². The summed E-state index contributed by atoms with van der Waals surface area (Å²) in [5.74, 6) is 2.55. The molecule has 2 aliphatic rings. The van der Waals surface area contributed by atoms with E-state index in [0.717, 1.165) is 107 Å². The van der Waals surface area contributed by atoms with E-state index in [4.69, 9.17) is 23.8 Å². The lowest BCUT2D eigenvalue weighted by Gasteiger charge is -2.26. The SMILES string of the molecule is C=C1/C=C\C=C/N(c2cc(-c3nc(-c4cccc(-c5ccccc5)c4)nc(-c4ccc5oc6c(c5c4)CCC=C6)n3)c3oc4ccccc4c3c2)c2cc3ccccc3cc21. The molecule has 10 aromatic rings. The summed E-state index contributed by atoms with van der Waals surface area (Å²) in [4.78, 5) is 18.1. The lowest BCUT2D eigenvalue weighted by molar-refractivity contribution is 0.595. The van der Waals surface area contributed by atoms with E-state index in [1.165, 1.54) is 5.56 Å². The number of hydrogen-bond donors (Lipinski definition) is 0. The molecule has 0 radical (unpaired) electrons. The van der Waals surface area contributed by atoms with Crippen LogP contribution in [0.2, 0.25) is 0 Å². The number of benzene rings is 7.